The molecule has 0 spiro atoms. The first-order chi connectivity index (χ1) is 13.1. The minimum atomic E-state index is 0.0874. The fraction of sp³-hybridized carbons (Fsp3) is 0.333. The number of rotatable bonds is 4. The summed E-state index contributed by atoms with van der Waals surface area (Å²) in [5, 5.41) is 2.28. The van der Waals surface area contributed by atoms with Gasteiger partial charge in [-0.15, -0.1) is 11.3 Å². The zero-order chi connectivity index (χ0) is 18.8. The van der Waals surface area contributed by atoms with Gasteiger partial charge in [0.1, 0.15) is 5.01 Å². The van der Waals surface area contributed by atoms with Gasteiger partial charge in [-0.05, 0) is 55.5 Å². The Morgan fingerprint density at radius 3 is 2.85 bits per heavy atom. The maximum absolute atomic E-state index is 13.0. The molecule has 2 aromatic carbocycles. The van der Waals surface area contributed by atoms with Gasteiger partial charge in [0.25, 0.3) is 0 Å². The molecule has 4 rings (SSSR count). The normalized spacial score (nSPS) is 17.4. The molecule has 1 fully saturated rings. The predicted octanol–water partition coefficient (Wildman–Crippen LogP) is 6.29. The molecule has 27 heavy (non-hydrogen) atoms. The van der Waals surface area contributed by atoms with E-state index in [1.807, 2.05) is 35.2 Å². The number of aryl methyl sites for hydroxylation is 1. The van der Waals surface area contributed by atoms with Crippen molar-refractivity contribution in [1.82, 2.24) is 9.88 Å². The fourth-order valence-electron chi connectivity index (χ4n) is 3.63. The van der Waals surface area contributed by atoms with E-state index in [1.165, 1.54) is 4.70 Å². The monoisotopic (exact) mass is 418 g/mol. The fourth-order valence-corrected chi connectivity index (χ4v) is 5.25. The number of hydrogen-bond donors (Lipinski definition) is 0. The van der Waals surface area contributed by atoms with Gasteiger partial charge in [0.05, 0.1) is 16.3 Å². The molecule has 3 aromatic rings. The van der Waals surface area contributed by atoms with Gasteiger partial charge in [-0.3, -0.25) is 4.79 Å². The molecule has 0 radical (unpaired) electrons. The third kappa shape index (κ3) is 4.13. The molecule has 0 bridgehead atoms. The second kappa shape index (κ2) is 8.17. The molecule has 0 N–H and O–H groups in total. The number of fused-ring (bicyclic) bond motifs is 1. The number of thiazole rings is 1. The van der Waals surface area contributed by atoms with Crippen LogP contribution in [0.15, 0.2) is 42.5 Å². The highest BCUT2D eigenvalue weighted by atomic mass is 35.5. The minimum absolute atomic E-state index is 0.0874. The van der Waals surface area contributed by atoms with E-state index in [-0.39, 0.29) is 11.9 Å². The number of likely N-dealkylation sites (tertiary alicyclic amines) is 1. The van der Waals surface area contributed by atoms with E-state index in [2.05, 4.69) is 6.07 Å². The van der Waals surface area contributed by atoms with Gasteiger partial charge < -0.3 is 4.90 Å². The largest absolute Gasteiger partial charge is 0.333 e. The zero-order valence-corrected chi connectivity index (χ0v) is 17.2. The van der Waals surface area contributed by atoms with Crippen LogP contribution in [0, 0.1) is 0 Å². The quantitative estimate of drug-likeness (QED) is 0.498. The maximum atomic E-state index is 13.0. The van der Waals surface area contributed by atoms with E-state index >= 15 is 0 Å². The molecule has 1 aromatic heterocycles. The summed E-state index contributed by atoms with van der Waals surface area (Å²) in [7, 11) is 0. The highest BCUT2D eigenvalue weighted by Crippen LogP contribution is 2.36. The molecule has 1 amide bonds. The summed E-state index contributed by atoms with van der Waals surface area (Å²) >= 11 is 13.9. The Labute approximate surface area is 172 Å². The number of aromatic nitrogens is 1. The van der Waals surface area contributed by atoms with Crippen LogP contribution in [0.4, 0.5) is 0 Å². The Kier molecular flexibility index (Phi) is 5.67. The second-order valence-electron chi connectivity index (χ2n) is 6.85. The summed E-state index contributed by atoms with van der Waals surface area (Å²) in [6.07, 6.45) is 4.23. The molecule has 1 saturated heterocycles. The average Bonchev–Trinajstić information content (AvgIpc) is 3.11. The van der Waals surface area contributed by atoms with Gasteiger partial charge in [-0.1, -0.05) is 41.4 Å². The third-order valence-corrected chi connectivity index (χ3v) is 6.77. The Morgan fingerprint density at radius 1 is 1.19 bits per heavy atom. The van der Waals surface area contributed by atoms with Crippen LogP contribution in [0.3, 0.4) is 0 Å². The lowest BCUT2D eigenvalue weighted by atomic mass is 10.0. The van der Waals surface area contributed by atoms with Crippen LogP contribution >= 0.6 is 34.5 Å². The summed E-state index contributed by atoms with van der Waals surface area (Å²) in [6, 6.07) is 13.7. The Hall–Kier alpha value is -1.62. The standard InChI is InChI=1S/C21H20Cl2N2OS/c22-15-10-8-14(16(23)13-15)9-11-20(26)25-12-4-3-6-18(25)21-24-17-5-1-2-7-19(17)27-21/h1-2,5,7-8,10,13,18H,3-4,6,9,11-12H2. The van der Waals surface area contributed by atoms with Crippen LogP contribution in [-0.2, 0) is 11.2 Å². The van der Waals surface area contributed by atoms with E-state index in [1.54, 1.807) is 17.4 Å². The molecular formula is C21H20Cl2N2OS. The van der Waals surface area contributed by atoms with Crippen molar-refractivity contribution in [3.8, 4) is 0 Å². The van der Waals surface area contributed by atoms with Crippen LogP contribution in [0.1, 0.15) is 42.3 Å². The Bertz CT molecular complexity index is 939. The molecule has 1 aliphatic heterocycles. The molecule has 140 valence electrons. The van der Waals surface area contributed by atoms with Crippen LogP contribution in [0.2, 0.25) is 10.0 Å². The topological polar surface area (TPSA) is 33.2 Å². The van der Waals surface area contributed by atoms with E-state index in [0.29, 0.717) is 22.9 Å². The number of hydrogen-bond acceptors (Lipinski definition) is 3. The maximum Gasteiger partial charge on any atom is 0.223 e. The molecule has 2 heterocycles. The Balaban J connectivity index is 1.50. The first-order valence-electron chi connectivity index (χ1n) is 9.20. The highest BCUT2D eigenvalue weighted by Gasteiger charge is 2.30. The van der Waals surface area contributed by atoms with Crippen LogP contribution in [0.5, 0.6) is 0 Å². The number of para-hydroxylation sites is 1. The molecule has 0 aliphatic carbocycles. The number of carbonyl (C=O) groups excluding carboxylic acids is 1. The van der Waals surface area contributed by atoms with Crippen molar-refractivity contribution in [3.05, 3.63) is 63.1 Å². The van der Waals surface area contributed by atoms with E-state index in [4.69, 9.17) is 28.2 Å². The smallest absolute Gasteiger partial charge is 0.223 e. The first-order valence-corrected chi connectivity index (χ1v) is 10.8. The van der Waals surface area contributed by atoms with Crippen molar-refractivity contribution in [2.24, 2.45) is 0 Å². The molecule has 1 atom stereocenters. The molecular weight excluding hydrogens is 399 g/mol. The molecule has 6 heteroatoms. The van der Waals surface area contributed by atoms with Gasteiger partial charge in [0.15, 0.2) is 0 Å². The number of halogens is 2. The zero-order valence-electron chi connectivity index (χ0n) is 14.8. The highest BCUT2D eigenvalue weighted by molar-refractivity contribution is 7.18. The lowest BCUT2D eigenvalue weighted by molar-refractivity contribution is -0.135. The van der Waals surface area contributed by atoms with Crippen molar-refractivity contribution >= 4 is 50.7 Å². The SMILES string of the molecule is O=C(CCc1ccc(Cl)cc1Cl)N1CCCCC1c1nc2ccccc2s1. The number of benzene rings is 2. The van der Waals surface area contributed by atoms with Crippen LogP contribution in [0.25, 0.3) is 10.2 Å². The van der Waals surface area contributed by atoms with Crippen molar-refractivity contribution < 1.29 is 4.79 Å². The number of piperidine rings is 1. The Morgan fingerprint density at radius 2 is 2.04 bits per heavy atom. The average molecular weight is 419 g/mol. The first kappa shape index (κ1) is 18.7. The predicted molar refractivity (Wildman–Crippen MR) is 113 cm³/mol. The van der Waals surface area contributed by atoms with Crippen LogP contribution < -0.4 is 0 Å². The number of carbonyl (C=O) groups is 1. The summed E-state index contributed by atoms with van der Waals surface area (Å²) in [4.78, 5) is 19.8. The minimum Gasteiger partial charge on any atom is -0.333 e. The van der Waals surface area contributed by atoms with Gasteiger partial charge in [-0.25, -0.2) is 4.98 Å². The number of amides is 1. The summed E-state index contributed by atoms with van der Waals surface area (Å²) in [6.45, 7) is 0.799. The summed E-state index contributed by atoms with van der Waals surface area (Å²) < 4.78 is 1.18. The van der Waals surface area contributed by atoms with Crippen molar-refractivity contribution in [3.63, 3.8) is 0 Å². The lowest BCUT2D eigenvalue weighted by Gasteiger charge is -2.34. The van der Waals surface area contributed by atoms with Crippen molar-refractivity contribution in [2.75, 3.05) is 6.54 Å². The lowest BCUT2D eigenvalue weighted by Crippen LogP contribution is -2.38. The van der Waals surface area contributed by atoms with Gasteiger partial charge in [0.2, 0.25) is 5.91 Å². The van der Waals surface area contributed by atoms with Crippen molar-refractivity contribution in [2.45, 2.75) is 38.1 Å². The summed E-state index contributed by atoms with van der Waals surface area (Å²) in [5.41, 5.74) is 1.98. The van der Waals surface area contributed by atoms with Gasteiger partial charge >= 0.3 is 0 Å². The molecule has 1 aliphatic rings. The van der Waals surface area contributed by atoms with E-state index in [0.717, 1.165) is 41.9 Å². The summed E-state index contributed by atoms with van der Waals surface area (Å²) in [5.74, 6) is 0.171. The third-order valence-electron chi connectivity index (χ3n) is 5.04. The van der Waals surface area contributed by atoms with Crippen molar-refractivity contribution in [1.29, 1.82) is 0 Å². The molecule has 0 saturated carbocycles. The second-order valence-corrected chi connectivity index (χ2v) is 8.76. The number of nitrogens with zero attached hydrogens (tertiary/aromatic N) is 2. The van der Waals surface area contributed by atoms with E-state index < -0.39 is 0 Å². The van der Waals surface area contributed by atoms with Gasteiger partial charge in [0, 0.05) is 23.0 Å². The van der Waals surface area contributed by atoms with E-state index in [9.17, 15) is 4.79 Å². The molecule has 1 unspecified atom stereocenters. The molecule has 3 nitrogen and oxygen atoms in total. The van der Waals surface area contributed by atoms with Gasteiger partial charge in [-0.2, -0.15) is 0 Å². The van der Waals surface area contributed by atoms with Crippen LogP contribution in [-0.4, -0.2) is 22.3 Å².